The monoisotopic (exact) mass is 363 g/mol. The number of halogens is 2. The van der Waals surface area contributed by atoms with Crippen molar-refractivity contribution >= 4 is 39.7 Å². The Balaban J connectivity index is 2.10. The molecule has 1 aliphatic rings. The molecule has 0 unspecified atom stereocenters. The van der Waals surface area contributed by atoms with Crippen LogP contribution in [-0.2, 0) is 0 Å². The van der Waals surface area contributed by atoms with E-state index in [4.69, 9.17) is 11.6 Å². The maximum Gasteiger partial charge on any atom is 0.155 e. The van der Waals surface area contributed by atoms with Gasteiger partial charge in [0.2, 0.25) is 0 Å². The molecule has 1 fully saturated rings. The molecular formula is C11H11ClIN3O. The predicted octanol–water partition coefficient (Wildman–Crippen LogP) is 2.62. The largest absolute Gasteiger partial charge is 0.390 e. The SMILES string of the molecule is C[C@]1(O)C[C@@H](c2nc(I)c3c(Cl)nccn32)C1. The number of hydrogen-bond acceptors (Lipinski definition) is 3. The molecule has 2 heterocycles. The van der Waals surface area contributed by atoms with Crippen molar-refractivity contribution < 1.29 is 5.11 Å². The summed E-state index contributed by atoms with van der Waals surface area (Å²) in [4.78, 5) is 8.62. The molecule has 1 N–H and O–H groups in total. The van der Waals surface area contributed by atoms with Crippen molar-refractivity contribution in [2.75, 3.05) is 0 Å². The number of aromatic nitrogens is 3. The Morgan fingerprint density at radius 2 is 2.29 bits per heavy atom. The van der Waals surface area contributed by atoms with Crippen LogP contribution in [0, 0.1) is 3.70 Å². The zero-order valence-electron chi connectivity index (χ0n) is 9.19. The van der Waals surface area contributed by atoms with E-state index in [-0.39, 0.29) is 0 Å². The van der Waals surface area contributed by atoms with Crippen LogP contribution in [0.25, 0.3) is 5.52 Å². The van der Waals surface area contributed by atoms with Crippen LogP contribution < -0.4 is 0 Å². The first-order valence-corrected chi connectivity index (χ1v) is 6.84. The molecule has 3 rings (SSSR count). The number of rotatable bonds is 1. The minimum atomic E-state index is -0.543. The molecule has 0 saturated heterocycles. The summed E-state index contributed by atoms with van der Waals surface area (Å²) in [7, 11) is 0. The lowest BCUT2D eigenvalue weighted by Crippen LogP contribution is -2.40. The fraction of sp³-hybridized carbons (Fsp3) is 0.455. The van der Waals surface area contributed by atoms with E-state index in [0.29, 0.717) is 11.1 Å². The molecule has 6 heteroatoms. The maximum atomic E-state index is 9.80. The highest BCUT2D eigenvalue weighted by Gasteiger charge is 2.41. The fourth-order valence-electron chi connectivity index (χ4n) is 2.46. The summed E-state index contributed by atoms with van der Waals surface area (Å²) in [6.07, 6.45) is 5.05. The lowest BCUT2D eigenvalue weighted by molar-refractivity contribution is -0.0335. The normalized spacial score (nSPS) is 28.4. The van der Waals surface area contributed by atoms with Crippen molar-refractivity contribution in [2.45, 2.75) is 31.3 Å². The highest BCUT2D eigenvalue weighted by molar-refractivity contribution is 14.1. The topological polar surface area (TPSA) is 50.4 Å². The van der Waals surface area contributed by atoms with Crippen molar-refractivity contribution in [2.24, 2.45) is 0 Å². The van der Waals surface area contributed by atoms with Gasteiger partial charge >= 0.3 is 0 Å². The summed E-state index contributed by atoms with van der Waals surface area (Å²) >= 11 is 8.24. The fourth-order valence-corrected chi connectivity index (χ4v) is 3.61. The molecule has 1 aliphatic carbocycles. The number of hydrogen-bond donors (Lipinski definition) is 1. The molecule has 4 nitrogen and oxygen atoms in total. The van der Waals surface area contributed by atoms with Crippen LogP contribution in [0.3, 0.4) is 0 Å². The molecule has 0 spiro atoms. The lowest BCUT2D eigenvalue weighted by Gasteiger charge is -2.40. The zero-order chi connectivity index (χ0) is 12.2. The van der Waals surface area contributed by atoms with Crippen LogP contribution in [0.5, 0.6) is 0 Å². The van der Waals surface area contributed by atoms with Gasteiger partial charge in [-0.1, -0.05) is 11.6 Å². The van der Waals surface area contributed by atoms with E-state index in [1.54, 1.807) is 6.20 Å². The maximum absolute atomic E-state index is 9.80. The van der Waals surface area contributed by atoms with E-state index in [9.17, 15) is 5.11 Å². The molecule has 0 bridgehead atoms. The lowest BCUT2D eigenvalue weighted by atomic mass is 9.72. The number of aliphatic hydroxyl groups is 1. The van der Waals surface area contributed by atoms with Gasteiger partial charge in [0.25, 0.3) is 0 Å². The molecule has 0 aliphatic heterocycles. The van der Waals surface area contributed by atoms with Gasteiger partial charge in [0.05, 0.1) is 5.60 Å². The highest BCUT2D eigenvalue weighted by Crippen LogP contribution is 2.44. The van der Waals surface area contributed by atoms with Crippen LogP contribution in [0.4, 0.5) is 0 Å². The van der Waals surface area contributed by atoms with Gasteiger partial charge in [0.15, 0.2) is 5.15 Å². The summed E-state index contributed by atoms with van der Waals surface area (Å²) in [5.74, 6) is 1.28. The van der Waals surface area contributed by atoms with Gasteiger partial charge in [-0.25, -0.2) is 9.97 Å². The van der Waals surface area contributed by atoms with Crippen molar-refractivity contribution in [1.29, 1.82) is 0 Å². The summed E-state index contributed by atoms with van der Waals surface area (Å²) in [5.41, 5.74) is 0.315. The molecule has 0 radical (unpaired) electrons. The van der Waals surface area contributed by atoms with Gasteiger partial charge < -0.3 is 5.11 Å². The third kappa shape index (κ3) is 1.84. The predicted molar refractivity (Wildman–Crippen MR) is 73.3 cm³/mol. The van der Waals surface area contributed by atoms with Crippen molar-refractivity contribution in [3.63, 3.8) is 0 Å². The Labute approximate surface area is 117 Å². The molecule has 0 amide bonds. The van der Waals surface area contributed by atoms with Crippen molar-refractivity contribution in [1.82, 2.24) is 14.4 Å². The summed E-state index contributed by atoms with van der Waals surface area (Å²) in [6.45, 7) is 1.86. The van der Waals surface area contributed by atoms with Gasteiger partial charge in [0, 0.05) is 18.3 Å². The van der Waals surface area contributed by atoms with E-state index >= 15 is 0 Å². The quantitative estimate of drug-likeness (QED) is 0.793. The first-order valence-electron chi connectivity index (χ1n) is 5.38. The highest BCUT2D eigenvalue weighted by atomic mass is 127. The molecule has 17 heavy (non-hydrogen) atoms. The molecule has 0 aromatic carbocycles. The Kier molecular flexibility index (Phi) is 2.61. The number of nitrogens with zero attached hydrogens (tertiary/aromatic N) is 3. The van der Waals surface area contributed by atoms with Gasteiger partial charge in [0.1, 0.15) is 15.0 Å². The Hall–Kier alpha value is -0.400. The summed E-state index contributed by atoms with van der Waals surface area (Å²) in [6, 6.07) is 0. The van der Waals surface area contributed by atoms with Crippen molar-refractivity contribution in [3.05, 3.63) is 27.1 Å². The van der Waals surface area contributed by atoms with Crippen LogP contribution in [-0.4, -0.2) is 25.1 Å². The first-order chi connectivity index (χ1) is 7.98. The molecular weight excluding hydrogens is 352 g/mol. The van der Waals surface area contributed by atoms with E-state index in [1.165, 1.54) is 0 Å². The minimum Gasteiger partial charge on any atom is -0.390 e. The smallest absolute Gasteiger partial charge is 0.155 e. The van der Waals surface area contributed by atoms with Gasteiger partial charge in [-0.3, -0.25) is 4.40 Å². The van der Waals surface area contributed by atoms with E-state index in [2.05, 4.69) is 32.6 Å². The average molecular weight is 364 g/mol. The third-order valence-electron chi connectivity index (χ3n) is 3.23. The van der Waals surface area contributed by atoms with E-state index < -0.39 is 5.60 Å². The van der Waals surface area contributed by atoms with Crippen LogP contribution in [0.2, 0.25) is 5.15 Å². The second kappa shape index (κ2) is 3.80. The standard InChI is InChI=1S/C11H11ClIN3O/c1-11(17)4-6(5-11)10-15-9(13)7-8(12)14-2-3-16(7)10/h2-3,6,17H,4-5H2,1H3/t6-,11+. The van der Waals surface area contributed by atoms with Gasteiger partial charge in [-0.15, -0.1) is 0 Å². The summed E-state index contributed by atoms with van der Waals surface area (Å²) < 4.78 is 2.85. The van der Waals surface area contributed by atoms with Gasteiger partial charge in [-0.2, -0.15) is 0 Å². The van der Waals surface area contributed by atoms with Crippen LogP contribution >= 0.6 is 34.2 Å². The van der Waals surface area contributed by atoms with Gasteiger partial charge in [-0.05, 0) is 42.4 Å². The molecule has 1 saturated carbocycles. The molecule has 2 aromatic rings. The molecule has 90 valence electrons. The second-order valence-electron chi connectivity index (χ2n) is 4.80. The van der Waals surface area contributed by atoms with Crippen molar-refractivity contribution in [3.8, 4) is 0 Å². The average Bonchev–Trinajstić information content (AvgIpc) is 2.54. The second-order valence-corrected chi connectivity index (χ2v) is 6.18. The first kappa shape index (κ1) is 11.7. The number of imidazole rings is 1. The minimum absolute atomic E-state index is 0.305. The Morgan fingerprint density at radius 3 is 2.94 bits per heavy atom. The zero-order valence-corrected chi connectivity index (χ0v) is 12.1. The Bertz CT molecular complexity index is 588. The summed E-state index contributed by atoms with van der Waals surface area (Å²) in [5, 5.41) is 10.3. The Morgan fingerprint density at radius 1 is 1.59 bits per heavy atom. The molecule has 0 atom stereocenters. The number of fused-ring (bicyclic) bond motifs is 1. The third-order valence-corrected chi connectivity index (χ3v) is 4.26. The van der Waals surface area contributed by atoms with Crippen LogP contribution in [0.1, 0.15) is 31.5 Å². The van der Waals surface area contributed by atoms with Crippen LogP contribution in [0.15, 0.2) is 12.4 Å². The molecule has 2 aromatic heterocycles. The van der Waals surface area contributed by atoms with E-state index in [0.717, 1.165) is 27.9 Å². The van der Waals surface area contributed by atoms with E-state index in [1.807, 2.05) is 17.5 Å².